The number of hydrogen-bond acceptors (Lipinski definition) is 4. The maximum atomic E-state index is 12.6. The first-order chi connectivity index (χ1) is 11.5. The molecule has 0 aliphatic heterocycles. The summed E-state index contributed by atoms with van der Waals surface area (Å²) in [6.45, 7) is 4.25. The topological polar surface area (TPSA) is 59.5 Å². The predicted molar refractivity (Wildman–Crippen MR) is 97.6 cm³/mol. The summed E-state index contributed by atoms with van der Waals surface area (Å²) in [5.74, 6) is 0.135. The number of aryl methyl sites for hydroxylation is 2. The smallest absolute Gasteiger partial charge is 0.287 e. The van der Waals surface area contributed by atoms with Crippen molar-refractivity contribution in [2.45, 2.75) is 20.4 Å². The van der Waals surface area contributed by atoms with E-state index in [1.165, 1.54) is 0 Å². The Bertz CT molecular complexity index is 1080. The number of thiazole rings is 1. The molecular weight excluding hydrogens is 390 g/mol. The van der Waals surface area contributed by atoms with E-state index in [2.05, 4.69) is 26.2 Å². The van der Waals surface area contributed by atoms with Crippen molar-refractivity contribution < 1.29 is 9.21 Å². The van der Waals surface area contributed by atoms with Crippen LogP contribution in [-0.2, 0) is 6.54 Å². The molecule has 3 aromatic heterocycles. The molecule has 0 radical (unpaired) electrons. The van der Waals surface area contributed by atoms with Crippen molar-refractivity contribution in [1.82, 2.24) is 14.7 Å². The number of rotatable bonds is 3. The second-order valence-corrected chi connectivity index (χ2v) is 7.37. The molecule has 7 heteroatoms. The molecule has 0 spiro atoms. The number of nitrogens with zero attached hydrogens (tertiary/aromatic N) is 2. The molecule has 4 rings (SSSR count). The normalized spacial score (nSPS) is 11.5. The summed E-state index contributed by atoms with van der Waals surface area (Å²) in [6, 6.07) is 5.72. The van der Waals surface area contributed by atoms with Crippen LogP contribution in [0.4, 0.5) is 0 Å². The number of halogens is 1. The molecule has 0 saturated heterocycles. The second kappa shape index (κ2) is 5.75. The first-order valence-electron chi connectivity index (χ1n) is 7.42. The van der Waals surface area contributed by atoms with E-state index in [0.29, 0.717) is 17.9 Å². The van der Waals surface area contributed by atoms with Crippen LogP contribution in [-0.4, -0.2) is 15.3 Å². The average molecular weight is 404 g/mol. The Morgan fingerprint density at radius 1 is 1.42 bits per heavy atom. The van der Waals surface area contributed by atoms with Crippen molar-refractivity contribution in [3.05, 3.63) is 57.0 Å². The van der Waals surface area contributed by atoms with E-state index in [0.717, 1.165) is 31.8 Å². The molecule has 0 saturated carbocycles. The monoisotopic (exact) mass is 403 g/mol. The molecule has 0 aliphatic rings. The summed E-state index contributed by atoms with van der Waals surface area (Å²) >= 11 is 5.02. The number of amides is 1. The fourth-order valence-corrected chi connectivity index (χ4v) is 3.95. The van der Waals surface area contributed by atoms with Gasteiger partial charge in [-0.05, 0) is 32.0 Å². The van der Waals surface area contributed by atoms with Crippen LogP contribution in [0.3, 0.4) is 0 Å². The number of benzene rings is 1. The Labute approximate surface area is 150 Å². The molecular formula is C17H14BrN3O2S. The van der Waals surface area contributed by atoms with E-state index in [1.807, 2.05) is 48.0 Å². The lowest BCUT2D eigenvalue weighted by atomic mass is 10.1. The fraction of sp³-hybridized carbons (Fsp3) is 0.176. The fourth-order valence-electron chi connectivity index (χ4n) is 2.81. The van der Waals surface area contributed by atoms with Crippen molar-refractivity contribution in [3.63, 3.8) is 0 Å². The molecule has 1 aromatic carbocycles. The largest absolute Gasteiger partial charge is 0.451 e. The number of imidazole rings is 1. The van der Waals surface area contributed by atoms with Crippen LogP contribution in [0, 0.1) is 13.8 Å². The van der Waals surface area contributed by atoms with Crippen LogP contribution < -0.4 is 5.32 Å². The summed E-state index contributed by atoms with van der Waals surface area (Å²) in [5, 5.41) is 5.86. The lowest BCUT2D eigenvalue weighted by Crippen LogP contribution is -2.24. The van der Waals surface area contributed by atoms with Gasteiger partial charge in [-0.25, -0.2) is 4.98 Å². The summed E-state index contributed by atoms with van der Waals surface area (Å²) in [7, 11) is 0. The predicted octanol–water partition coefficient (Wildman–Crippen LogP) is 4.45. The molecule has 5 nitrogen and oxygen atoms in total. The third-order valence-corrected chi connectivity index (χ3v) is 5.33. The zero-order valence-corrected chi connectivity index (χ0v) is 15.5. The number of hydrogen-bond donors (Lipinski definition) is 1. The van der Waals surface area contributed by atoms with Crippen LogP contribution in [0.2, 0.25) is 0 Å². The van der Waals surface area contributed by atoms with Gasteiger partial charge in [0.2, 0.25) is 0 Å². The lowest BCUT2D eigenvalue weighted by molar-refractivity contribution is 0.0924. The van der Waals surface area contributed by atoms with Gasteiger partial charge in [-0.2, -0.15) is 0 Å². The first kappa shape index (κ1) is 15.4. The van der Waals surface area contributed by atoms with Gasteiger partial charge in [0.05, 0.1) is 17.9 Å². The standard InChI is InChI=1S/C17H14BrN3O2S/c1-9-12-7-11(18)3-4-14(12)23-15(9)16(22)19-8-13-10(2)20-17-21(13)5-6-24-17/h3-7H,8H2,1-2H3,(H,19,22). The maximum Gasteiger partial charge on any atom is 0.287 e. The SMILES string of the molecule is Cc1nc2sccn2c1CNC(=O)c1oc2ccc(Br)cc2c1C. The van der Waals surface area contributed by atoms with Crippen molar-refractivity contribution >= 4 is 49.1 Å². The van der Waals surface area contributed by atoms with Crippen LogP contribution in [0.1, 0.15) is 27.5 Å². The van der Waals surface area contributed by atoms with Crippen molar-refractivity contribution in [1.29, 1.82) is 0 Å². The zero-order chi connectivity index (χ0) is 16.8. The van der Waals surface area contributed by atoms with Gasteiger partial charge >= 0.3 is 0 Å². The minimum absolute atomic E-state index is 0.218. The van der Waals surface area contributed by atoms with Gasteiger partial charge in [-0.1, -0.05) is 15.9 Å². The van der Waals surface area contributed by atoms with Crippen molar-refractivity contribution in [3.8, 4) is 0 Å². The van der Waals surface area contributed by atoms with Gasteiger partial charge in [0, 0.05) is 27.0 Å². The molecule has 0 aliphatic carbocycles. The highest BCUT2D eigenvalue weighted by Crippen LogP contribution is 2.28. The van der Waals surface area contributed by atoms with Gasteiger partial charge in [0.25, 0.3) is 5.91 Å². The number of furan rings is 1. The molecule has 3 heterocycles. The number of carbonyl (C=O) groups excluding carboxylic acids is 1. The van der Waals surface area contributed by atoms with Crippen LogP contribution >= 0.6 is 27.3 Å². The van der Waals surface area contributed by atoms with Gasteiger partial charge < -0.3 is 9.73 Å². The minimum Gasteiger partial charge on any atom is -0.451 e. The molecule has 4 aromatic rings. The Morgan fingerprint density at radius 2 is 2.25 bits per heavy atom. The van der Waals surface area contributed by atoms with E-state index >= 15 is 0 Å². The molecule has 0 fully saturated rings. The highest BCUT2D eigenvalue weighted by atomic mass is 79.9. The molecule has 122 valence electrons. The average Bonchev–Trinajstić information content (AvgIpc) is 3.20. The molecule has 0 unspecified atom stereocenters. The third-order valence-electron chi connectivity index (χ3n) is 4.08. The van der Waals surface area contributed by atoms with Crippen molar-refractivity contribution in [2.75, 3.05) is 0 Å². The number of nitrogens with one attached hydrogen (secondary N) is 1. The second-order valence-electron chi connectivity index (χ2n) is 5.58. The Kier molecular flexibility index (Phi) is 3.69. The number of fused-ring (bicyclic) bond motifs is 2. The third kappa shape index (κ3) is 2.44. The van der Waals surface area contributed by atoms with Crippen LogP contribution in [0.25, 0.3) is 15.9 Å². The Morgan fingerprint density at radius 3 is 3.08 bits per heavy atom. The molecule has 0 atom stereocenters. The van der Waals surface area contributed by atoms with E-state index in [4.69, 9.17) is 4.42 Å². The minimum atomic E-state index is -0.218. The van der Waals surface area contributed by atoms with Crippen LogP contribution in [0.15, 0.2) is 38.7 Å². The molecule has 24 heavy (non-hydrogen) atoms. The molecule has 1 N–H and O–H groups in total. The van der Waals surface area contributed by atoms with E-state index in [-0.39, 0.29) is 5.91 Å². The highest BCUT2D eigenvalue weighted by molar-refractivity contribution is 9.10. The van der Waals surface area contributed by atoms with Gasteiger partial charge in [-0.3, -0.25) is 9.20 Å². The van der Waals surface area contributed by atoms with E-state index < -0.39 is 0 Å². The summed E-state index contributed by atoms with van der Waals surface area (Å²) in [4.78, 5) is 18.0. The quantitative estimate of drug-likeness (QED) is 0.549. The molecule has 0 bridgehead atoms. The maximum absolute atomic E-state index is 12.6. The summed E-state index contributed by atoms with van der Waals surface area (Å²) in [6.07, 6.45) is 1.96. The lowest BCUT2D eigenvalue weighted by Gasteiger charge is -2.04. The number of aromatic nitrogens is 2. The van der Waals surface area contributed by atoms with Crippen molar-refractivity contribution in [2.24, 2.45) is 0 Å². The van der Waals surface area contributed by atoms with Gasteiger partial charge in [-0.15, -0.1) is 11.3 Å². The Hall–Kier alpha value is -2.12. The highest BCUT2D eigenvalue weighted by Gasteiger charge is 2.19. The Balaban J connectivity index is 1.61. The summed E-state index contributed by atoms with van der Waals surface area (Å²) < 4.78 is 8.70. The first-order valence-corrected chi connectivity index (χ1v) is 9.09. The van der Waals surface area contributed by atoms with Crippen LogP contribution in [0.5, 0.6) is 0 Å². The van der Waals surface area contributed by atoms with E-state index in [1.54, 1.807) is 11.3 Å². The van der Waals surface area contributed by atoms with Gasteiger partial charge in [0.15, 0.2) is 10.7 Å². The number of carbonyl (C=O) groups is 1. The summed E-state index contributed by atoms with van der Waals surface area (Å²) in [5.41, 5.74) is 3.46. The molecule has 1 amide bonds. The zero-order valence-electron chi connectivity index (χ0n) is 13.1. The van der Waals surface area contributed by atoms with E-state index in [9.17, 15) is 4.79 Å². The van der Waals surface area contributed by atoms with Gasteiger partial charge in [0.1, 0.15) is 5.58 Å².